The number of hydrogen-bond donors (Lipinski definition) is 4. The number of nitrogens with one attached hydrogen (secondary N) is 1. The first-order chi connectivity index (χ1) is 22.7. The summed E-state index contributed by atoms with van der Waals surface area (Å²) in [6.07, 6.45) is 0.0670. The molecule has 0 aliphatic rings. The van der Waals surface area contributed by atoms with Gasteiger partial charge in [0.25, 0.3) is 0 Å². The maximum atomic E-state index is 14.0. The lowest BCUT2D eigenvalue weighted by molar-refractivity contribution is -0.127. The Labute approximate surface area is 286 Å². The van der Waals surface area contributed by atoms with E-state index >= 15 is 0 Å². The molecule has 0 bridgehead atoms. The fourth-order valence-electron chi connectivity index (χ4n) is 5.62. The highest BCUT2D eigenvalue weighted by atomic mass is 35.5. The third-order valence-electron chi connectivity index (χ3n) is 8.02. The number of aliphatic hydroxyl groups is 1. The lowest BCUT2D eigenvalue weighted by Gasteiger charge is -2.32. The van der Waals surface area contributed by atoms with E-state index in [1.54, 1.807) is 13.8 Å². The first-order valence-electron chi connectivity index (χ1n) is 15.8. The Morgan fingerprint density at radius 3 is 2.12 bits per heavy atom. The molecule has 0 fully saturated rings. The van der Waals surface area contributed by atoms with Gasteiger partial charge in [0.1, 0.15) is 6.04 Å². The van der Waals surface area contributed by atoms with E-state index in [4.69, 9.17) is 17.3 Å². The Kier molecular flexibility index (Phi) is 12.1. The number of carbonyl (C=O) groups is 1. The number of nitrogens with two attached hydrogens (primary N) is 1. The number of aromatic hydroxyl groups is 1. The van der Waals surface area contributed by atoms with Gasteiger partial charge in [-0.25, -0.2) is 13.2 Å². The predicted octanol–water partition coefficient (Wildman–Crippen LogP) is 4.27. The topological polar surface area (TPSA) is 160 Å². The minimum absolute atomic E-state index is 0.0695. The van der Waals surface area contributed by atoms with E-state index in [0.29, 0.717) is 0 Å². The van der Waals surface area contributed by atoms with E-state index in [2.05, 4.69) is 5.32 Å². The van der Waals surface area contributed by atoms with Crippen LogP contribution in [0.25, 0.3) is 0 Å². The SMILES string of the molecule is CC(C)CN(C[C@@H](O)[C@H](Cc1ccccc1)NC(=O)[C@H](C(C)C)n1cc(O)n(Cc2ccccc2)c1=O)S(=O)(=O)c1ccc(Cl)c(N)c1. The molecular formula is C35H44ClN5O6S. The number of rotatable bonds is 15. The molecule has 48 heavy (non-hydrogen) atoms. The number of hydrogen-bond acceptors (Lipinski definition) is 7. The first-order valence-corrected chi connectivity index (χ1v) is 17.6. The average Bonchev–Trinajstić information content (AvgIpc) is 3.30. The van der Waals surface area contributed by atoms with E-state index in [-0.39, 0.29) is 53.5 Å². The molecule has 0 unspecified atom stereocenters. The Balaban J connectivity index is 1.66. The van der Waals surface area contributed by atoms with Gasteiger partial charge in [0, 0.05) is 13.1 Å². The van der Waals surface area contributed by atoms with Crippen molar-refractivity contribution >= 4 is 33.2 Å². The summed E-state index contributed by atoms with van der Waals surface area (Å²) < 4.78 is 31.2. The molecule has 5 N–H and O–H groups in total. The Morgan fingerprint density at radius 1 is 0.958 bits per heavy atom. The second-order valence-electron chi connectivity index (χ2n) is 12.7. The van der Waals surface area contributed by atoms with Gasteiger partial charge in [-0.15, -0.1) is 0 Å². The second kappa shape index (κ2) is 15.9. The summed E-state index contributed by atoms with van der Waals surface area (Å²) in [6, 6.07) is 20.4. The zero-order valence-corrected chi connectivity index (χ0v) is 29.1. The minimum atomic E-state index is -4.13. The number of halogens is 1. The van der Waals surface area contributed by atoms with Crippen molar-refractivity contribution in [2.75, 3.05) is 18.8 Å². The molecule has 0 aliphatic carbocycles. The fourth-order valence-corrected chi connectivity index (χ4v) is 7.39. The lowest BCUT2D eigenvalue weighted by Crippen LogP contribution is -2.53. The summed E-state index contributed by atoms with van der Waals surface area (Å²) in [6.45, 7) is 7.14. The van der Waals surface area contributed by atoms with Crippen molar-refractivity contribution < 1.29 is 23.4 Å². The number of aromatic nitrogens is 2. The van der Waals surface area contributed by atoms with Crippen molar-refractivity contribution in [2.24, 2.45) is 11.8 Å². The molecule has 0 aliphatic heterocycles. The molecular weight excluding hydrogens is 654 g/mol. The number of carbonyl (C=O) groups excluding carboxylic acids is 1. The largest absolute Gasteiger partial charge is 0.493 e. The van der Waals surface area contributed by atoms with Crippen LogP contribution in [0.4, 0.5) is 5.69 Å². The van der Waals surface area contributed by atoms with Gasteiger partial charge in [-0.3, -0.25) is 13.9 Å². The van der Waals surface area contributed by atoms with Crippen LogP contribution in [0, 0.1) is 11.8 Å². The molecule has 0 radical (unpaired) electrons. The van der Waals surface area contributed by atoms with E-state index in [1.165, 1.54) is 37.8 Å². The fraction of sp³-hybridized carbons (Fsp3) is 0.371. The van der Waals surface area contributed by atoms with Gasteiger partial charge in [0.15, 0.2) is 0 Å². The van der Waals surface area contributed by atoms with Crippen LogP contribution in [0.1, 0.15) is 44.9 Å². The first kappa shape index (κ1) is 36.7. The van der Waals surface area contributed by atoms with Crippen LogP contribution in [0.2, 0.25) is 5.02 Å². The molecule has 0 saturated heterocycles. The Bertz CT molecular complexity index is 1840. The summed E-state index contributed by atoms with van der Waals surface area (Å²) >= 11 is 6.04. The molecule has 0 spiro atoms. The van der Waals surface area contributed by atoms with Crippen LogP contribution in [-0.2, 0) is 27.8 Å². The molecule has 1 heterocycles. The van der Waals surface area contributed by atoms with Crippen LogP contribution >= 0.6 is 11.6 Å². The van der Waals surface area contributed by atoms with E-state index in [9.17, 15) is 28.2 Å². The van der Waals surface area contributed by atoms with Crippen LogP contribution in [0.3, 0.4) is 0 Å². The monoisotopic (exact) mass is 697 g/mol. The summed E-state index contributed by atoms with van der Waals surface area (Å²) in [4.78, 5) is 27.5. The number of aliphatic hydroxyl groups excluding tert-OH is 1. The summed E-state index contributed by atoms with van der Waals surface area (Å²) in [5, 5.41) is 25.5. The highest BCUT2D eigenvalue weighted by Gasteiger charge is 2.34. The zero-order chi connectivity index (χ0) is 35.2. The van der Waals surface area contributed by atoms with Crippen LogP contribution < -0.4 is 16.7 Å². The third-order valence-corrected chi connectivity index (χ3v) is 10.2. The van der Waals surface area contributed by atoms with Gasteiger partial charge in [-0.05, 0) is 47.6 Å². The van der Waals surface area contributed by atoms with Crippen LogP contribution in [0.5, 0.6) is 5.88 Å². The molecule has 1 aromatic heterocycles. The maximum Gasteiger partial charge on any atom is 0.332 e. The Morgan fingerprint density at radius 2 is 1.56 bits per heavy atom. The number of amides is 1. The van der Waals surface area contributed by atoms with Crippen molar-refractivity contribution in [1.82, 2.24) is 18.8 Å². The van der Waals surface area contributed by atoms with Gasteiger partial charge in [0.2, 0.25) is 21.8 Å². The summed E-state index contributed by atoms with van der Waals surface area (Å²) in [5.74, 6) is -1.34. The van der Waals surface area contributed by atoms with E-state index in [1.807, 2.05) is 74.5 Å². The van der Waals surface area contributed by atoms with Crippen molar-refractivity contribution in [3.63, 3.8) is 0 Å². The zero-order valence-electron chi connectivity index (χ0n) is 27.5. The average molecular weight is 698 g/mol. The lowest BCUT2D eigenvalue weighted by atomic mass is 9.98. The minimum Gasteiger partial charge on any atom is -0.493 e. The van der Waals surface area contributed by atoms with Crippen LogP contribution in [0.15, 0.2) is 94.7 Å². The highest BCUT2D eigenvalue weighted by Crippen LogP contribution is 2.26. The predicted molar refractivity (Wildman–Crippen MR) is 187 cm³/mol. The van der Waals surface area contributed by atoms with E-state index < -0.39 is 45.7 Å². The van der Waals surface area contributed by atoms with Crippen molar-refractivity contribution in [2.45, 2.75) is 63.7 Å². The Hall–Kier alpha value is -4.10. The van der Waals surface area contributed by atoms with Gasteiger partial charge >= 0.3 is 5.69 Å². The number of sulfonamides is 1. The van der Waals surface area contributed by atoms with Crippen molar-refractivity contribution in [3.8, 4) is 5.88 Å². The number of benzene rings is 3. The van der Waals surface area contributed by atoms with Crippen LogP contribution in [-0.4, -0.2) is 63.2 Å². The number of imidazole rings is 1. The van der Waals surface area contributed by atoms with Gasteiger partial charge in [0.05, 0.1) is 40.5 Å². The molecule has 258 valence electrons. The molecule has 3 atom stereocenters. The van der Waals surface area contributed by atoms with Gasteiger partial charge < -0.3 is 21.3 Å². The standard InChI is InChI=1S/C35H44ClN5O6S/c1-23(2)19-39(48(46,47)27-15-16-28(36)29(37)18-27)21-31(42)30(17-25-11-7-5-8-12-25)38-34(44)33(24(3)4)41-22-32(43)40(35(41)45)20-26-13-9-6-10-14-26/h5-16,18,22-24,30-31,33,42-43H,17,19-21,37H2,1-4H3,(H,38,44)/t30-,31+,33-/m0/s1. The van der Waals surface area contributed by atoms with Gasteiger partial charge in [-0.2, -0.15) is 4.31 Å². The molecule has 4 aromatic rings. The molecule has 4 rings (SSSR count). The number of nitrogens with zero attached hydrogens (tertiary/aromatic N) is 3. The van der Waals surface area contributed by atoms with Crippen molar-refractivity contribution in [1.29, 1.82) is 0 Å². The van der Waals surface area contributed by atoms with Crippen molar-refractivity contribution in [3.05, 3.63) is 112 Å². The highest BCUT2D eigenvalue weighted by molar-refractivity contribution is 7.89. The summed E-state index contributed by atoms with van der Waals surface area (Å²) in [5.41, 5.74) is 7.05. The smallest absolute Gasteiger partial charge is 0.332 e. The second-order valence-corrected chi connectivity index (χ2v) is 15.1. The van der Waals surface area contributed by atoms with Gasteiger partial charge in [-0.1, -0.05) is 100.0 Å². The summed E-state index contributed by atoms with van der Waals surface area (Å²) in [7, 11) is -4.13. The quantitative estimate of drug-likeness (QED) is 0.135. The third kappa shape index (κ3) is 8.87. The molecule has 1 amide bonds. The molecule has 13 heteroatoms. The number of nitrogen functional groups attached to an aromatic ring is 1. The maximum absolute atomic E-state index is 14.0. The molecule has 11 nitrogen and oxygen atoms in total. The number of anilines is 1. The normalized spacial score (nSPS) is 13.9. The molecule has 3 aromatic carbocycles. The van der Waals surface area contributed by atoms with E-state index in [0.717, 1.165) is 11.1 Å². The molecule has 0 saturated carbocycles.